The minimum atomic E-state index is -0.591. The van der Waals surface area contributed by atoms with Gasteiger partial charge in [-0.05, 0) is 40.2 Å². The molecule has 0 amide bonds. The minimum Gasteiger partial charge on any atom is -0.449 e. The van der Waals surface area contributed by atoms with Crippen LogP contribution in [-0.4, -0.2) is 10.8 Å². The molecule has 1 aromatic rings. The fourth-order valence-electron chi connectivity index (χ4n) is 1.37. The van der Waals surface area contributed by atoms with E-state index in [4.69, 9.17) is 22.1 Å². The van der Waals surface area contributed by atoms with Crippen molar-refractivity contribution in [3.8, 4) is 5.75 Å². The van der Waals surface area contributed by atoms with Gasteiger partial charge < -0.3 is 10.5 Å². The molecule has 0 bridgehead atoms. The molecule has 106 valence electrons. The third kappa shape index (κ3) is 4.11. The van der Waals surface area contributed by atoms with Crippen LogP contribution in [-0.2, 0) is 0 Å². The lowest BCUT2D eigenvalue weighted by molar-refractivity contribution is -0.384. The Bertz CT molecular complexity index is 585. The second kappa shape index (κ2) is 7.72. The highest BCUT2D eigenvalue weighted by atomic mass is 79.9. The molecule has 0 saturated carbocycles. The summed E-state index contributed by atoms with van der Waals surface area (Å²) in [4.78, 5) is 10.5. The Labute approximate surface area is 129 Å². The van der Waals surface area contributed by atoms with E-state index in [1.54, 1.807) is 24.3 Å². The van der Waals surface area contributed by atoms with Gasteiger partial charge >= 0.3 is 5.69 Å². The first-order chi connectivity index (χ1) is 9.51. The summed E-state index contributed by atoms with van der Waals surface area (Å²) in [6, 6.07) is 3.01. The Balaban J connectivity index is 3.28. The molecule has 0 aromatic heterocycles. The Hall–Kier alpha value is -1.79. The number of nitrogens with zero attached hydrogens (tertiary/aromatic N) is 1. The summed E-state index contributed by atoms with van der Waals surface area (Å²) in [5.41, 5.74) is 5.34. The van der Waals surface area contributed by atoms with Crippen molar-refractivity contribution in [1.82, 2.24) is 0 Å². The lowest BCUT2D eigenvalue weighted by Gasteiger charge is -2.10. The standard InChI is InChI=1S/C13H12BrClN2O3/c1-2-4-9(5-3-8-15)20-13-10(14)6-7-11(16)12(13)17(18)19/h2-7H,1,8,16H2/b5-3-,9-4+. The Morgan fingerprint density at radius 1 is 1.60 bits per heavy atom. The molecule has 0 unspecified atom stereocenters. The van der Waals surface area contributed by atoms with Crippen LogP contribution in [0.4, 0.5) is 11.4 Å². The van der Waals surface area contributed by atoms with Crippen LogP contribution in [0.1, 0.15) is 0 Å². The zero-order chi connectivity index (χ0) is 15.1. The highest BCUT2D eigenvalue weighted by Gasteiger charge is 2.23. The number of alkyl halides is 1. The third-order valence-corrected chi connectivity index (χ3v) is 2.97. The van der Waals surface area contributed by atoms with Crippen molar-refractivity contribution in [3.63, 3.8) is 0 Å². The number of benzene rings is 1. The molecule has 0 saturated heterocycles. The van der Waals surface area contributed by atoms with Gasteiger partial charge in [-0.1, -0.05) is 18.7 Å². The molecule has 0 heterocycles. The average Bonchev–Trinajstić information content (AvgIpc) is 2.40. The van der Waals surface area contributed by atoms with E-state index >= 15 is 0 Å². The monoisotopic (exact) mass is 358 g/mol. The van der Waals surface area contributed by atoms with Crippen LogP contribution in [0.25, 0.3) is 0 Å². The lowest BCUT2D eigenvalue weighted by Crippen LogP contribution is -2.02. The number of nitro groups is 1. The maximum absolute atomic E-state index is 11.1. The number of hydrogen-bond donors (Lipinski definition) is 1. The predicted octanol–water partition coefficient (Wildman–Crippen LogP) is 4.18. The van der Waals surface area contributed by atoms with Gasteiger partial charge in [0.25, 0.3) is 0 Å². The summed E-state index contributed by atoms with van der Waals surface area (Å²) in [7, 11) is 0. The van der Waals surface area contributed by atoms with E-state index in [0.717, 1.165) is 0 Å². The van der Waals surface area contributed by atoms with E-state index in [1.807, 2.05) is 0 Å². The number of allylic oxidation sites excluding steroid dienone is 4. The van der Waals surface area contributed by atoms with Crippen molar-refractivity contribution in [2.45, 2.75) is 0 Å². The molecule has 0 spiro atoms. The number of nitro benzene ring substituents is 1. The molecule has 1 rings (SSSR count). The van der Waals surface area contributed by atoms with Crippen molar-refractivity contribution < 1.29 is 9.66 Å². The van der Waals surface area contributed by atoms with E-state index in [9.17, 15) is 10.1 Å². The van der Waals surface area contributed by atoms with Gasteiger partial charge in [0.1, 0.15) is 11.4 Å². The molecule has 0 radical (unpaired) electrons. The number of ether oxygens (including phenoxy) is 1. The van der Waals surface area contributed by atoms with Crippen LogP contribution in [0, 0.1) is 10.1 Å². The van der Waals surface area contributed by atoms with Gasteiger partial charge in [0.05, 0.1) is 9.40 Å². The zero-order valence-corrected chi connectivity index (χ0v) is 12.7. The van der Waals surface area contributed by atoms with Crippen molar-refractivity contribution in [2.75, 3.05) is 11.6 Å². The molecule has 0 aliphatic heterocycles. The molecule has 0 atom stereocenters. The van der Waals surface area contributed by atoms with E-state index in [1.165, 1.54) is 12.1 Å². The molecule has 0 fully saturated rings. The SMILES string of the molecule is C=C/C=C(\C=C/CCl)Oc1c(Br)ccc(N)c1[N+](=O)[O-]. The summed E-state index contributed by atoms with van der Waals surface area (Å²) in [5, 5.41) is 11.1. The van der Waals surface area contributed by atoms with Crippen molar-refractivity contribution >= 4 is 38.9 Å². The first-order valence-corrected chi connectivity index (χ1v) is 6.79. The van der Waals surface area contributed by atoms with Gasteiger partial charge in [-0.2, -0.15) is 0 Å². The average molecular weight is 360 g/mol. The van der Waals surface area contributed by atoms with Crippen LogP contribution in [0.5, 0.6) is 5.75 Å². The molecular weight excluding hydrogens is 348 g/mol. The molecule has 2 N–H and O–H groups in total. The number of nitrogens with two attached hydrogens (primary N) is 1. The first kappa shape index (κ1) is 16.3. The molecule has 0 aliphatic rings. The van der Waals surface area contributed by atoms with Crippen molar-refractivity contribution in [3.05, 3.63) is 63.4 Å². The molecule has 0 aliphatic carbocycles. The third-order valence-electron chi connectivity index (χ3n) is 2.17. The topological polar surface area (TPSA) is 78.4 Å². The minimum absolute atomic E-state index is 0.0208. The molecule has 20 heavy (non-hydrogen) atoms. The summed E-state index contributed by atoms with van der Waals surface area (Å²) in [6.45, 7) is 3.55. The smallest absolute Gasteiger partial charge is 0.335 e. The number of nitrogen functional groups attached to an aromatic ring is 1. The Kier molecular flexibility index (Phi) is 6.27. The van der Waals surface area contributed by atoms with E-state index < -0.39 is 4.92 Å². The summed E-state index contributed by atoms with van der Waals surface area (Å²) < 4.78 is 5.96. The summed E-state index contributed by atoms with van der Waals surface area (Å²) >= 11 is 8.76. The normalized spacial score (nSPS) is 11.6. The molecule has 1 aromatic carbocycles. The lowest BCUT2D eigenvalue weighted by atomic mass is 10.2. The van der Waals surface area contributed by atoms with Crippen LogP contribution in [0.3, 0.4) is 0 Å². The fraction of sp³-hybridized carbons (Fsp3) is 0.0769. The van der Waals surface area contributed by atoms with Crippen molar-refractivity contribution in [1.29, 1.82) is 0 Å². The number of hydrogen-bond acceptors (Lipinski definition) is 4. The maximum atomic E-state index is 11.1. The van der Waals surface area contributed by atoms with Crippen LogP contribution < -0.4 is 10.5 Å². The van der Waals surface area contributed by atoms with Crippen LogP contribution in [0.2, 0.25) is 0 Å². The molecule has 7 heteroatoms. The maximum Gasteiger partial charge on any atom is 0.335 e. The Morgan fingerprint density at radius 3 is 2.85 bits per heavy atom. The largest absolute Gasteiger partial charge is 0.449 e. The predicted molar refractivity (Wildman–Crippen MR) is 84.0 cm³/mol. The van der Waals surface area contributed by atoms with Gasteiger partial charge in [-0.15, -0.1) is 11.6 Å². The van der Waals surface area contributed by atoms with Crippen LogP contribution >= 0.6 is 27.5 Å². The number of halogens is 2. The van der Waals surface area contributed by atoms with Crippen LogP contribution in [0.15, 0.2) is 53.2 Å². The second-order valence-corrected chi connectivity index (χ2v) is 4.70. The van der Waals surface area contributed by atoms with Crippen molar-refractivity contribution in [2.24, 2.45) is 0 Å². The van der Waals surface area contributed by atoms with E-state index in [0.29, 0.717) is 10.2 Å². The van der Waals surface area contributed by atoms with Gasteiger partial charge in [-0.3, -0.25) is 10.1 Å². The summed E-state index contributed by atoms with van der Waals surface area (Å²) in [6.07, 6.45) is 6.29. The van der Waals surface area contributed by atoms with Gasteiger partial charge in [0.2, 0.25) is 5.75 Å². The van der Waals surface area contributed by atoms with Gasteiger partial charge in [-0.25, -0.2) is 0 Å². The second-order valence-electron chi connectivity index (χ2n) is 3.53. The quantitative estimate of drug-likeness (QED) is 0.206. The van der Waals surface area contributed by atoms with E-state index in [-0.39, 0.29) is 23.0 Å². The van der Waals surface area contributed by atoms with Gasteiger partial charge in [0.15, 0.2) is 0 Å². The Morgan fingerprint density at radius 2 is 2.30 bits per heavy atom. The highest BCUT2D eigenvalue weighted by Crippen LogP contribution is 2.40. The highest BCUT2D eigenvalue weighted by molar-refractivity contribution is 9.10. The number of anilines is 1. The zero-order valence-electron chi connectivity index (χ0n) is 10.4. The molecular formula is C13H12BrClN2O3. The molecule has 5 nitrogen and oxygen atoms in total. The van der Waals surface area contributed by atoms with Gasteiger partial charge in [0, 0.05) is 5.88 Å². The van der Waals surface area contributed by atoms with E-state index in [2.05, 4.69) is 22.5 Å². The number of rotatable bonds is 6. The fourth-order valence-corrected chi connectivity index (χ4v) is 1.86. The first-order valence-electron chi connectivity index (χ1n) is 5.46. The summed E-state index contributed by atoms with van der Waals surface area (Å²) in [5.74, 6) is 0.676.